The Kier molecular flexibility index (Phi) is 3.22. The number of piperidine rings is 1. The second kappa shape index (κ2) is 4.85. The number of nitrogens with one attached hydrogen (secondary N) is 1. The van der Waals surface area contributed by atoms with E-state index in [2.05, 4.69) is 27.0 Å². The minimum atomic E-state index is 0.0910. The normalized spacial score (nSPS) is 30.0. The Bertz CT molecular complexity index is 399. The maximum absolute atomic E-state index is 5.90. The number of aromatic amines is 1. The van der Waals surface area contributed by atoms with Crippen molar-refractivity contribution in [1.82, 2.24) is 15.2 Å². The third-order valence-corrected chi connectivity index (χ3v) is 3.85. The number of hydrogen-bond acceptors (Lipinski definition) is 5. The fourth-order valence-electron chi connectivity index (χ4n) is 2.65. The van der Waals surface area contributed by atoms with Gasteiger partial charge < -0.3 is 15.4 Å². The van der Waals surface area contributed by atoms with Crippen LogP contribution in [0.1, 0.15) is 44.5 Å². The summed E-state index contributed by atoms with van der Waals surface area (Å²) in [5.74, 6) is 1.66. The Labute approximate surface area is 107 Å². The fraction of sp³-hybridized carbons (Fsp3) is 0.833. The zero-order chi connectivity index (χ0) is 12.5. The third kappa shape index (κ3) is 2.35. The van der Waals surface area contributed by atoms with E-state index in [9.17, 15) is 0 Å². The molecular weight excluding hydrogens is 230 g/mol. The molecule has 0 bridgehead atoms. The summed E-state index contributed by atoms with van der Waals surface area (Å²) in [4.78, 5) is 6.77. The highest BCUT2D eigenvalue weighted by Gasteiger charge is 2.27. The van der Waals surface area contributed by atoms with Crippen molar-refractivity contribution in [1.29, 1.82) is 0 Å². The molecule has 0 radical (unpaired) electrons. The van der Waals surface area contributed by atoms with Crippen LogP contribution in [0.3, 0.4) is 0 Å². The van der Waals surface area contributed by atoms with Gasteiger partial charge >= 0.3 is 0 Å². The molecule has 100 valence electrons. The van der Waals surface area contributed by atoms with E-state index in [-0.39, 0.29) is 6.10 Å². The lowest BCUT2D eigenvalue weighted by atomic mass is 10.1. The molecule has 6 heteroatoms. The van der Waals surface area contributed by atoms with E-state index in [4.69, 9.17) is 10.5 Å². The van der Waals surface area contributed by atoms with E-state index >= 15 is 0 Å². The van der Waals surface area contributed by atoms with Gasteiger partial charge in [0.2, 0.25) is 5.95 Å². The first-order valence-corrected chi connectivity index (χ1v) is 6.80. The third-order valence-electron chi connectivity index (χ3n) is 3.85. The number of H-pyrrole nitrogens is 1. The molecule has 2 saturated heterocycles. The van der Waals surface area contributed by atoms with Crippen molar-refractivity contribution in [3.63, 3.8) is 0 Å². The molecule has 18 heavy (non-hydrogen) atoms. The largest absolute Gasteiger partial charge is 0.367 e. The van der Waals surface area contributed by atoms with Crippen LogP contribution < -0.4 is 10.6 Å². The first kappa shape index (κ1) is 11.9. The van der Waals surface area contributed by atoms with Crippen LogP contribution in [-0.2, 0) is 4.74 Å². The number of ether oxygens (including phenoxy) is 1. The lowest BCUT2D eigenvalue weighted by Gasteiger charge is -2.28. The summed E-state index contributed by atoms with van der Waals surface area (Å²) in [5.41, 5.74) is 5.90. The molecule has 2 aliphatic heterocycles. The van der Waals surface area contributed by atoms with Crippen LogP contribution in [0.25, 0.3) is 0 Å². The van der Waals surface area contributed by atoms with Gasteiger partial charge in [0, 0.05) is 19.1 Å². The van der Waals surface area contributed by atoms with E-state index in [1.165, 1.54) is 0 Å². The van der Waals surface area contributed by atoms with Gasteiger partial charge in [-0.15, -0.1) is 5.10 Å². The second-order valence-electron chi connectivity index (χ2n) is 5.36. The lowest BCUT2D eigenvalue weighted by Crippen LogP contribution is -2.40. The van der Waals surface area contributed by atoms with Crippen molar-refractivity contribution >= 4 is 5.95 Å². The zero-order valence-corrected chi connectivity index (χ0v) is 10.8. The van der Waals surface area contributed by atoms with E-state index < -0.39 is 0 Å². The summed E-state index contributed by atoms with van der Waals surface area (Å²) >= 11 is 0. The van der Waals surface area contributed by atoms with Gasteiger partial charge in [-0.3, -0.25) is 5.10 Å². The smallest absolute Gasteiger partial charge is 0.244 e. The van der Waals surface area contributed by atoms with Crippen LogP contribution >= 0.6 is 0 Å². The number of hydrogen-bond donors (Lipinski definition) is 2. The summed E-state index contributed by atoms with van der Waals surface area (Å²) in [5, 5.41) is 7.32. The van der Waals surface area contributed by atoms with Gasteiger partial charge in [-0.05, 0) is 32.6 Å². The molecule has 2 fully saturated rings. The molecule has 0 amide bonds. The van der Waals surface area contributed by atoms with Crippen LogP contribution in [0.2, 0.25) is 0 Å². The standard InChI is InChI=1S/C12H21N5O/c1-8-2-3-10(18-8)11-14-12(16-15-11)17-6-4-9(13)5-7-17/h8-10H,2-7,13H2,1H3,(H,14,15,16). The van der Waals surface area contributed by atoms with Gasteiger partial charge in [0.25, 0.3) is 0 Å². The highest BCUT2D eigenvalue weighted by atomic mass is 16.5. The monoisotopic (exact) mass is 251 g/mol. The van der Waals surface area contributed by atoms with Crippen molar-refractivity contribution in [3.05, 3.63) is 5.82 Å². The Morgan fingerprint density at radius 3 is 2.72 bits per heavy atom. The SMILES string of the molecule is CC1CCC(c2nc(N3CCC(N)CC3)n[nH]2)O1. The Morgan fingerprint density at radius 2 is 2.06 bits per heavy atom. The van der Waals surface area contributed by atoms with Crippen molar-refractivity contribution in [2.75, 3.05) is 18.0 Å². The minimum Gasteiger partial charge on any atom is -0.367 e. The zero-order valence-electron chi connectivity index (χ0n) is 10.8. The number of anilines is 1. The van der Waals surface area contributed by atoms with E-state index in [1.807, 2.05) is 0 Å². The summed E-state index contributed by atoms with van der Waals surface area (Å²) in [6, 6.07) is 0.332. The molecular formula is C12H21N5O. The fourth-order valence-corrected chi connectivity index (χ4v) is 2.65. The van der Waals surface area contributed by atoms with Gasteiger partial charge in [-0.1, -0.05) is 0 Å². The van der Waals surface area contributed by atoms with Crippen LogP contribution in [0.5, 0.6) is 0 Å². The van der Waals surface area contributed by atoms with E-state index in [0.29, 0.717) is 12.1 Å². The van der Waals surface area contributed by atoms with Gasteiger partial charge in [0.15, 0.2) is 5.82 Å². The maximum Gasteiger partial charge on any atom is 0.244 e. The lowest BCUT2D eigenvalue weighted by molar-refractivity contribution is 0.0505. The van der Waals surface area contributed by atoms with Crippen LogP contribution in [-0.4, -0.2) is 40.4 Å². The minimum absolute atomic E-state index is 0.0910. The number of aromatic nitrogens is 3. The van der Waals surface area contributed by atoms with E-state index in [1.54, 1.807) is 0 Å². The van der Waals surface area contributed by atoms with Gasteiger partial charge in [-0.2, -0.15) is 4.98 Å². The van der Waals surface area contributed by atoms with Crippen molar-refractivity contribution < 1.29 is 4.74 Å². The summed E-state index contributed by atoms with van der Waals surface area (Å²) < 4.78 is 5.79. The predicted octanol–water partition coefficient (Wildman–Crippen LogP) is 0.972. The van der Waals surface area contributed by atoms with Gasteiger partial charge in [-0.25, -0.2) is 0 Å². The molecule has 0 aliphatic carbocycles. The highest BCUT2D eigenvalue weighted by molar-refractivity contribution is 5.29. The molecule has 2 aliphatic rings. The van der Waals surface area contributed by atoms with Crippen LogP contribution in [0.15, 0.2) is 0 Å². The molecule has 3 N–H and O–H groups in total. The molecule has 2 atom stereocenters. The average Bonchev–Trinajstić information content (AvgIpc) is 2.98. The van der Waals surface area contributed by atoms with Gasteiger partial charge in [0.1, 0.15) is 6.10 Å². The van der Waals surface area contributed by atoms with Crippen LogP contribution in [0.4, 0.5) is 5.95 Å². The van der Waals surface area contributed by atoms with Gasteiger partial charge in [0.05, 0.1) is 6.10 Å². The topological polar surface area (TPSA) is 80.1 Å². The predicted molar refractivity (Wildman–Crippen MR) is 68.3 cm³/mol. The molecule has 3 rings (SSSR count). The summed E-state index contributed by atoms with van der Waals surface area (Å²) in [6.45, 7) is 3.99. The quantitative estimate of drug-likeness (QED) is 0.818. The Balaban J connectivity index is 1.66. The maximum atomic E-state index is 5.90. The van der Waals surface area contributed by atoms with Crippen LogP contribution in [0, 0.1) is 0 Å². The number of nitrogens with zero attached hydrogens (tertiary/aromatic N) is 3. The molecule has 0 spiro atoms. The number of nitrogens with two attached hydrogens (primary N) is 1. The molecule has 3 heterocycles. The average molecular weight is 251 g/mol. The molecule has 2 unspecified atom stereocenters. The second-order valence-corrected chi connectivity index (χ2v) is 5.36. The van der Waals surface area contributed by atoms with E-state index in [0.717, 1.165) is 50.5 Å². The molecule has 0 aromatic carbocycles. The molecule has 6 nitrogen and oxygen atoms in total. The molecule has 1 aromatic heterocycles. The number of rotatable bonds is 2. The summed E-state index contributed by atoms with van der Waals surface area (Å²) in [6.07, 6.45) is 4.58. The summed E-state index contributed by atoms with van der Waals surface area (Å²) in [7, 11) is 0. The Hall–Kier alpha value is -1.14. The van der Waals surface area contributed by atoms with Crippen molar-refractivity contribution in [3.8, 4) is 0 Å². The molecule has 1 aromatic rings. The molecule has 0 saturated carbocycles. The first-order valence-electron chi connectivity index (χ1n) is 6.80. The highest BCUT2D eigenvalue weighted by Crippen LogP contribution is 2.31. The van der Waals surface area contributed by atoms with Crippen molar-refractivity contribution in [2.24, 2.45) is 5.73 Å². The Morgan fingerprint density at radius 1 is 1.28 bits per heavy atom. The van der Waals surface area contributed by atoms with Crippen molar-refractivity contribution in [2.45, 2.75) is 50.9 Å². The first-order chi connectivity index (χ1) is 8.72.